The summed E-state index contributed by atoms with van der Waals surface area (Å²) in [6.07, 6.45) is -9.78. The van der Waals surface area contributed by atoms with Gasteiger partial charge in [-0.25, -0.2) is 0 Å². The van der Waals surface area contributed by atoms with Gasteiger partial charge >= 0.3 is 41.8 Å². The Morgan fingerprint density at radius 1 is 0.784 bits per heavy atom. The first kappa shape index (κ1) is 32.8. The van der Waals surface area contributed by atoms with Crippen molar-refractivity contribution in [1.82, 2.24) is 5.32 Å². The third-order valence-electron chi connectivity index (χ3n) is 5.23. The summed E-state index contributed by atoms with van der Waals surface area (Å²) in [5.41, 5.74) is 0.222. The van der Waals surface area contributed by atoms with Gasteiger partial charge in [-0.2, -0.15) is 57.1 Å². The maximum Gasteiger partial charge on any atom is 0.460 e. The average Bonchev–Trinajstić information content (AvgIpc) is 2.77. The highest BCUT2D eigenvalue weighted by atomic mass is 19.4. The van der Waals surface area contributed by atoms with Gasteiger partial charge in [0, 0.05) is 0 Å². The Kier molecular flexibility index (Phi) is 9.95. The summed E-state index contributed by atoms with van der Waals surface area (Å²) in [6, 6.07) is 1.83. The lowest BCUT2D eigenvalue weighted by molar-refractivity contribution is -0.441. The quantitative estimate of drug-likeness (QED) is 0.214. The van der Waals surface area contributed by atoms with Crippen LogP contribution < -0.4 is 5.32 Å². The zero-order valence-corrected chi connectivity index (χ0v) is 19.1. The molecule has 0 aliphatic rings. The van der Waals surface area contributed by atoms with Crippen LogP contribution in [0.25, 0.3) is 0 Å². The van der Waals surface area contributed by atoms with Crippen molar-refractivity contribution in [3.8, 4) is 0 Å². The van der Waals surface area contributed by atoms with E-state index in [0.29, 0.717) is 0 Å². The fraction of sp³-hybridized carbons (Fsp3) is 0.667. The molecule has 0 unspecified atom stereocenters. The maximum absolute atomic E-state index is 14.8. The number of carbonyl (C=O) groups is 1. The molecule has 0 radical (unpaired) electrons. The molecule has 0 heterocycles. The first-order valence-corrected chi connectivity index (χ1v) is 10.6. The third-order valence-corrected chi connectivity index (χ3v) is 5.23. The number of halogens is 13. The predicted molar refractivity (Wildman–Crippen MR) is 103 cm³/mol. The molecule has 0 bridgehead atoms. The number of hydrogen-bond acceptors (Lipinski definition) is 3. The fourth-order valence-corrected chi connectivity index (χ4v) is 3.20. The second kappa shape index (κ2) is 11.2. The molecular weight excluding hydrogens is 545 g/mol. The Morgan fingerprint density at radius 2 is 1.27 bits per heavy atom. The molecule has 1 N–H and O–H groups in total. The van der Waals surface area contributed by atoms with Crippen molar-refractivity contribution in [2.75, 3.05) is 6.61 Å². The van der Waals surface area contributed by atoms with Crippen molar-refractivity contribution in [2.45, 2.75) is 81.0 Å². The van der Waals surface area contributed by atoms with Gasteiger partial charge in [0.05, 0.1) is 12.6 Å². The number of alkyl halides is 13. The molecule has 0 saturated heterocycles. The van der Waals surface area contributed by atoms with Crippen LogP contribution in [0.2, 0.25) is 0 Å². The first-order valence-electron chi connectivity index (χ1n) is 10.6. The lowest BCUT2D eigenvalue weighted by Gasteiger charge is -2.42. The summed E-state index contributed by atoms with van der Waals surface area (Å²) in [5, 5.41) is 1.63. The number of esters is 1. The van der Waals surface area contributed by atoms with Gasteiger partial charge in [0.25, 0.3) is 0 Å². The molecule has 3 nitrogen and oxygen atoms in total. The molecule has 0 fully saturated rings. The molecular formula is C21H22F13NO2. The van der Waals surface area contributed by atoms with Gasteiger partial charge in [0.15, 0.2) is 0 Å². The van der Waals surface area contributed by atoms with E-state index in [9.17, 15) is 61.9 Å². The summed E-state index contributed by atoms with van der Waals surface area (Å²) < 4.78 is 181. The Labute approximate surface area is 202 Å². The molecule has 0 saturated carbocycles. The van der Waals surface area contributed by atoms with E-state index in [1.165, 1.54) is 37.3 Å². The third kappa shape index (κ3) is 6.08. The van der Waals surface area contributed by atoms with E-state index in [1.54, 1.807) is 5.32 Å². The van der Waals surface area contributed by atoms with Crippen LogP contribution in [0.15, 0.2) is 30.3 Å². The number of rotatable bonds is 13. The number of nitrogens with one attached hydrogen (secondary N) is 1. The summed E-state index contributed by atoms with van der Waals surface area (Å²) in [7, 11) is 0. The molecule has 0 spiro atoms. The van der Waals surface area contributed by atoms with Gasteiger partial charge in [-0.15, -0.1) is 0 Å². The van der Waals surface area contributed by atoms with Gasteiger partial charge in [-0.05, 0) is 25.3 Å². The van der Waals surface area contributed by atoms with Crippen molar-refractivity contribution in [3.05, 3.63) is 35.9 Å². The summed E-state index contributed by atoms with van der Waals surface area (Å²) in [5.74, 6) is -38.9. The fourth-order valence-electron chi connectivity index (χ4n) is 3.20. The van der Waals surface area contributed by atoms with E-state index < -0.39 is 73.1 Å². The molecule has 37 heavy (non-hydrogen) atoms. The highest BCUT2D eigenvalue weighted by Crippen LogP contribution is 2.60. The minimum atomic E-state index is -7.99. The summed E-state index contributed by atoms with van der Waals surface area (Å²) in [4.78, 5) is 12.3. The van der Waals surface area contributed by atoms with Crippen molar-refractivity contribution < 1.29 is 66.6 Å². The number of carbonyl (C=O) groups excluding carboxylic acids is 1. The van der Waals surface area contributed by atoms with Crippen molar-refractivity contribution in [1.29, 1.82) is 0 Å². The molecule has 0 amide bonds. The van der Waals surface area contributed by atoms with Crippen molar-refractivity contribution in [2.24, 2.45) is 0 Å². The molecule has 1 aromatic rings. The van der Waals surface area contributed by atoms with E-state index in [4.69, 9.17) is 0 Å². The van der Waals surface area contributed by atoms with Crippen LogP contribution in [0, 0.1) is 0 Å². The van der Waals surface area contributed by atoms with Gasteiger partial charge < -0.3 is 4.74 Å². The van der Waals surface area contributed by atoms with Crippen LogP contribution in [0.4, 0.5) is 57.1 Å². The predicted octanol–water partition coefficient (Wildman–Crippen LogP) is 6.66. The second-order valence-electron chi connectivity index (χ2n) is 7.92. The molecule has 1 aromatic carbocycles. The van der Waals surface area contributed by atoms with Crippen LogP contribution in [0.5, 0.6) is 0 Å². The van der Waals surface area contributed by atoms with E-state index in [-0.39, 0.29) is 12.2 Å². The zero-order chi connectivity index (χ0) is 29.1. The standard InChI is InChI=1S/C21H22F13NO2/c1-3-8-14(35-13(15(36)37-4-2)11-12-9-6-5-7-10-12)16(22,23)17(24,25)18(26,27)19(28,29)20(30,31)21(32,33)34/h5-7,9-10,13-14,35H,3-4,8,11H2,1-2H3/t13-,14-/m0/s1. The van der Waals surface area contributed by atoms with Gasteiger partial charge in [0.1, 0.15) is 6.04 Å². The van der Waals surface area contributed by atoms with E-state index >= 15 is 0 Å². The molecule has 1 rings (SSSR count). The van der Waals surface area contributed by atoms with Crippen LogP contribution in [-0.4, -0.2) is 60.4 Å². The normalized spacial score (nSPS) is 15.9. The Hall–Kier alpha value is -2.26. The van der Waals surface area contributed by atoms with E-state index in [1.807, 2.05) is 0 Å². The molecule has 0 aliphatic heterocycles. The largest absolute Gasteiger partial charge is 0.465 e. The lowest BCUT2D eigenvalue weighted by Crippen LogP contribution is -2.73. The number of benzene rings is 1. The molecule has 16 heteroatoms. The van der Waals surface area contributed by atoms with E-state index in [2.05, 4.69) is 4.74 Å². The topological polar surface area (TPSA) is 38.3 Å². The monoisotopic (exact) mass is 567 g/mol. The van der Waals surface area contributed by atoms with Crippen LogP contribution in [-0.2, 0) is 16.0 Å². The van der Waals surface area contributed by atoms with Gasteiger partial charge in [-0.1, -0.05) is 43.7 Å². The van der Waals surface area contributed by atoms with Crippen molar-refractivity contribution in [3.63, 3.8) is 0 Å². The van der Waals surface area contributed by atoms with Gasteiger partial charge in [0.2, 0.25) is 0 Å². The molecule has 214 valence electrons. The van der Waals surface area contributed by atoms with Crippen LogP contribution >= 0.6 is 0 Å². The minimum absolute atomic E-state index is 0.222. The van der Waals surface area contributed by atoms with Crippen molar-refractivity contribution >= 4 is 5.97 Å². The highest BCUT2D eigenvalue weighted by Gasteiger charge is 2.91. The minimum Gasteiger partial charge on any atom is -0.465 e. The first-order chi connectivity index (χ1) is 16.6. The maximum atomic E-state index is 14.8. The summed E-state index contributed by atoms with van der Waals surface area (Å²) in [6.45, 7) is 1.98. The Morgan fingerprint density at radius 3 is 1.70 bits per heavy atom. The molecule has 0 aliphatic carbocycles. The van der Waals surface area contributed by atoms with E-state index in [0.717, 1.165) is 6.92 Å². The lowest BCUT2D eigenvalue weighted by atomic mass is 9.88. The molecule has 0 aromatic heterocycles. The SMILES string of the molecule is CCC[C@H](N[C@@H](Cc1ccccc1)C(=O)OCC)C(F)(F)C(F)(F)C(F)(F)C(F)(F)C(F)(F)C(F)(F)F. The zero-order valence-electron chi connectivity index (χ0n) is 19.1. The number of hydrogen-bond donors (Lipinski definition) is 1. The molecule has 2 atom stereocenters. The van der Waals surface area contributed by atoms with Crippen LogP contribution in [0.1, 0.15) is 32.3 Å². The second-order valence-corrected chi connectivity index (χ2v) is 7.92. The highest BCUT2D eigenvalue weighted by molar-refractivity contribution is 5.76. The average molecular weight is 567 g/mol. The van der Waals surface area contributed by atoms with Crippen LogP contribution in [0.3, 0.4) is 0 Å². The summed E-state index contributed by atoms with van der Waals surface area (Å²) >= 11 is 0. The number of ether oxygens (including phenoxy) is 1. The Bertz CT molecular complexity index is 888. The Balaban J connectivity index is 3.53. The smallest absolute Gasteiger partial charge is 0.460 e. The van der Waals surface area contributed by atoms with Gasteiger partial charge in [-0.3, -0.25) is 10.1 Å².